The van der Waals surface area contributed by atoms with Crippen molar-refractivity contribution in [1.29, 1.82) is 0 Å². The molecule has 0 bridgehead atoms. The fourth-order valence-electron chi connectivity index (χ4n) is 0.247. The summed E-state index contributed by atoms with van der Waals surface area (Å²) in [6.45, 7) is 0. The summed E-state index contributed by atoms with van der Waals surface area (Å²) < 4.78 is 0. The first-order valence-electron chi connectivity index (χ1n) is 1.71. The van der Waals surface area contributed by atoms with Crippen LogP contribution in [0.15, 0.2) is 11.5 Å². The lowest BCUT2D eigenvalue weighted by Gasteiger charge is -2.06. The van der Waals surface area contributed by atoms with E-state index >= 15 is 0 Å². The maximum atomic E-state index is 9.72. The van der Waals surface area contributed by atoms with Crippen molar-refractivity contribution < 1.29 is 4.79 Å². The van der Waals surface area contributed by atoms with Gasteiger partial charge in [-0.2, -0.15) is 0 Å². The molecular formula is C4H4OS. The molecule has 0 radical (unpaired) electrons. The minimum Gasteiger partial charge on any atom is -0.302 e. The molecule has 0 saturated carbocycles. The van der Waals surface area contributed by atoms with E-state index in [1.54, 1.807) is 11.8 Å². The van der Waals surface area contributed by atoms with Crippen molar-refractivity contribution in [3.05, 3.63) is 11.5 Å². The molecule has 0 saturated heterocycles. The zero-order valence-corrected chi connectivity index (χ0v) is 3.94. The van der Waals surface area contributed by atoms with Crippen LogP contribution in [0.5, 0.6) is 0 Å². The molecule has 0 aromatic heterocycles. The minimum atomic E-state index is 0.171. The highest BCUT2D eigenvalue weighted by Crippen LogP contribution is 2.21. The topological polar surface area (TPSA) is 17.1 Å². The highest BCUT2D eigenvalue weighted by atomic mass is 32.2. The summed E-state index contributed by atoms with van der Waals surface area (Å²) in [6, 6.07) is 0. The van der Waals surface area contributed by atoms with Crippen LogP contribution < -0.4 is 0 Å². The summed E-state index contributed by atoms with van der Waals surface area (Å²) >= 11 is 1.56. The Hall–Kier alpha value is -0.240. The van der Waals surface area contributed by atoms with Crippen molar-refractivity contribution in [2.75, 3.05) is 0 Å². The van der Waals surface area contributed by atoms with Gasteiger partial charge in [0.1, 0.15) is 6.29 Å². The lowest BCUT2D eigenvalue weighted by Crippen LogP contribution is -2.02. The highest BCUT2D eigenvalue weighted by molar-refractivity contribution is 8.04. The largest absolute Gasteiger partial charge is 0.302 e. The lowest BCUT2D eigenvalue weighted by molar-refractivity contribution is -0.106. The molecule has 0 aromatic rings. The van der Waals surface area contributed by atoms with Gasteiger partial charge in [-0.25, -0.2) is 0 Å². The zero-order chi connectivity index (χ0) is 4.41. The Labute approximate surface area is 40.4 Å². The van der Waals surface area contributed by atoms with Gasteiger partial charge in [0.15, 0.2) is 0 Å². The Kier molecular flexibility index (Phi) is 0.965. The van der Waals surface area contributed by atoms with Gasteiger partial charge in [0, 0.05) is 0 Å². The molecule has 32 valence electrons. The Bertz CT molecular complexity index is 87.5. The summed E-state index contributed by atoms with van der Waals surface area (Å²) in [6.07, 6.45) is 2.81. The number of carbonyl (C=O) groups excluding carboxylic acids is 1. The second-order valence-corrected chi connectivity index (χ2v) is 2.15. The third-order valence-corrected chi connectivity index (χ3v) is 1.53. The molecule has 0 amide bonds. The summed E-state index contributed by atoms with van der Waals surface area (Å²) in [5.74, 6) is 0. The smallest absolute Gasteiger partial charge is 0.137 e. The van der Waals surface area contributed by atoms with E-state index in [0.29, 0.717) is 0 Å². The molecule has 0 fully saturated rings. The van der Waals surface area contributed by atoms with Gasteiger partial charge >= 0.3 is 0 Å². The summed E-state index contributed by atoms with van der Waals surface area (Å²) in [5, 5.41) is 2.09. The van der Waals surface area contributed by atoms with Crippen molar-refractivity contribution in [2.45, 2.75) is 5.25 Å². The molecular weight excluding hydrogens is 96.1 g/mol. The SMILES string of the molecule is O=CC1C=CS1. The Morgan fingerprint density at radius 3 is 2.50 bits per heavy atom. The first kappa shape index (κ1) is 3.93. The second kappa shape index (κ2) is 1.47. The Morgan fingerprint density at radius 1 is 1.83 bits per heavy atom. The normalized spacial score (nSPS) is 29.0. The van der Waals surface area contributed by atoms with E-state index in [-0.39, 0.29) is 5.25 Å². The number of hydrogen-bond acceptors (Lipinski definition) is 2. The van der Waals surface area contributed by atoms with Crippen LogP contribution in [-0.2, 0) is 4.79 Å². The number of hydrogen-bond donors (Lipinski definition) is 0. The van der Waals surface area contributed by atoms with Gasteiger partial charge in [-0.05, 0) is 5.41 Å². The van der Waals surface area contributed by atoms with E-state index in [2.05, 4.69) is 0 Å². The van der Waals surface area contributed by atoms with E-state index in [0.717, 1.165) is 6.29 Å². The molecule has 1 rings (SSSR count). The van der Waals surface area contributed by atoms with Crippen molar-refractivity contribution in [1.82, 2.24) is 0 Å². The molecule has 0 aromatic carbocycles. The van der Waals surface area contributed by atoms with E-state index in [4.69, 9.17) is 0 Å². The third kappa shape index (κ3) is 0.476. The van der Waals surface area contributed by atoms with Crippen LogP contribution in [0.2, 0.25) is 0 Å². The molecule has 0 spiro atoms. The number of rotatable bonds is 1. The molecule has 0 aliphatic carbocycles. The maximum Gasteiger partial charge on any atom is 0.137 e. The highest BCUT2D eigenvalue weighted by Gasteiger charge is 2.06. The lowest BCUT2D eigenvalue weighted by atomic mass is 10.4. The van der Waals surface area contributed by atoms with E-state index < -0.39 is 0 Å². The van der Waals surface area contributed by atoms with Crippen molar-refractivity contribution in [2.24, 2.45) is 0 Å². The molecule has 6 heavy (non-hydrogen) atoms. The Morgan fingerprint density at radius 2 is 2.50 bits per heavy atom. The van der Waals surface area contributed by atoms with Gasteiger partial charge < -0.3 is 4.79 Å². The van der Waals surface area contributed by atoms with E-state index in [9.17, 15) is 4.79 Å². The summed E-state index contributed by atoms with van der Waals surface area (Å²) in [7, 11) is 0. The molecule has 1 aliphatic heterocycles. The van der Waals surface area contributed by atoms with Gasteiger partial charge in [-0.3, -0.25) is 0 Å². The maximum absolute atomic E-state index is 9.72. The summed E-state index contributed by atoms with van der Waals surface area (Å²) in [4.78, 5) is 9.72. The fraction of sp³-hybridized carbons (Fsp3) is 0.250. The van der Waals surface area contributed by atoms with Crippen molar-refractivity contribution in [3.63, 3.8) is 0 Å². The number of aldehydes is 1. The van der Waals surface area contributed by atoms with Gasteiger partial charge in [0.25, 0.3) is 0 Å². The van der Waals surface area contributed by atoms with Crippen LogP contribution in [-0.4, -0.2) is 11.5 Å². The average Bonchev–Trinajstić information content (AvgIpc) is 1.31. The number of thioether (sulfide) groups is 1. The van der Waals surface area contributed by atoms with Crippen LogP contribution in [0.1, 0.15) is 0 Å². The van der Waals surface area contributed by atoms with Gasteiger partial charge in [-0.1, -0.05) is 6.08 Å². The van der Waals surface area contributed by atoms with Crippen LogP contribution in [0, 0.1) is 0 Å². The standard InChI is InChI=1S/C4H4OS/c5-3-4-1-2-6-4/h1-4H. The molecule has 1 unspecified atom stereocenters. The Balaban J connectivity index is 2.39. The van der Waals surface area contributed by atoms with Gasteiger partial charge in [0.05, 0.1) is 5.25 Å². The van der Waals surface area contributed by atoms with Crippen molar-refractivity contribution >= 4 is 18.0 Å². The second-order valence-electron chi connectivity index (χ2n) is 1.07. The van der Waals surface area contributed by atoms with Crippen LogP contribution in [0.25, 0.3) is 0 Å². The fourth-order valence-corrected chi connectivity index (χ4v) is 0.649. The molecule has 1 aliphatic rings. The minimum absolute atomic E-state index is 0.171. The van der Waals surface area contributed by atoms with Crippen LogP contribution in [0.3, 0.4) is 0 Å². The predicted octanol–water partition coefficient (Wildman–Crippen LogP) is 0.814. The average molecular weight is 100 g/mol. The van der Waals surface area contributed by atoms with E-state index in [1.165, 1.54) is 0 Å². The van der Waals surface area contributed by atoms with Gasteiger partial charge in [0.2, 0.25) is 0 Å². The van der Waals surface area contributed by atoms with Gasteiger partial charge in [-0.15, -0.1) is 11.8 Å². The molecule has 0 N–H and O–H groups in total. The van der Waals surface area contributed by atoms with Crippen LogP contribution in [0.4, 0.5) is 0 Å². The van der Waals surface area contributed by atoms with E-state index in [1.807, 2.05) is 11.5 Å². The van der Waals surface area contributed by atoms with Crippen LogP contribution >= 0.6 is 11.8 Å². The predicted molar refractivity (Wildman–Crippen MR) is 26.6 cm³/mol. The molecule has 1 nitrogen and oxygen atoms in total. The monoisotopic (exact) mass is 100.0 g/mol. The molecule has 1 atom stereocenters. The molecule has 1 heterocycles. The zero-order valence-electron chi connectivity index (χ0n) is 3.13. The third-order valence-electron chi connectivity index (χ3n) is 0.638. The quantitative estimate of drug-likeness (QED) is 0.454. The molecule has 2 heteroatoms. The van der Waals surface area contributed by atoms with Crippen molar-refractivity contribution in [3.8, 4) is 0 Å². The number of carbonyl (C=O) groups is 1. The summed E-state index contributed by atoms with van der Waals surface area (Å²) in [5.41, 5.74) is 0. The first-order valence-corrected chi connectivity index (χ1v) is 2.65. The first-order chi connectivity index (χ1) is 2.93.